The van der Waals surface area contributed by atoms with Crippen LogP contribution in [0.25, 0.3) is 22.3 Å². The summed E-state index contributed by atoms with van der Waals surface area (Å²) in [4.78, 5) is 18.1. The van der Waals surface area contributed by atoms with E-state index >= 15 is 0 Å². The molecule has 6 rings (SSSR count). The van der Waals surface area contributed by atoms with Crippen molar-refractivity contribution in [2.24, 2.45) is 0 Å². The van der Waals surface area contributed by atoms with E-state index in [1.54, 1.807) is 0 Å². The molecule has 4 aromatic rings. The van der Waals surface area contributed by atoms with Crippen LogP contribution in [-0.4, -0.2) is 136 Å². The molecular formula is C44H60N6S2. The molecule has 0 saturated heterocycles. The van der Waals surface area contributed by atoms with Gasteiger partial charge in [0.05, 0.1) is 0 Å². The Morgan fingerprint density at radius 3 is 0.904 bits per heavy atom. The molecule has 4 aromatic carbocycles. The van der Waals surface area contributed by atoms with Crippen molar-refractivity contribution in [1.82, 2.24) is 29.4 Å². The predicted molar refractivity (Wildman–Crippen MR) is 226 cm³/mol. The van der Waals surface area contributed by atoms with Gasteiger partial charge in [0.25, 0.3) is 0 Å². The Balaban J connectivity index is 1.44. The minimum atomic E-state index is 0.949. The minimum absolute atomic E-state index is 0.949. The van der Waals surface area contributed by atoms with E-state index < -0.39 is 0 Å². The van der Waals surface area contributed by atoms with E-state index in [-0.39, 0.29) is 0 Å². The lowest BCUT2D eigenvalue weighted by molar-refractivity contribution is 0.216. The van der Waals surface area contributed by atoms with Crippen LogP contribution >= 0.6 is 23.5 Å². The Bertz CT molecular complexity index is 1520. The molecular weight excluding hydrogens is 677 g/mol. The van der Waals surface area contributed by atoms with Gasteiger partial charge in [-0.1, -0.05) is 60.7 Å². The second kappa shape index (κ2) is 19.1. The Morgan fingerprint density at radius 1 is 0.346 bits per heavy atom. The van der Waals surface area contributed by atoms with Crippen LogP contribution in [0.5, 0.6) is 0 Å². The van der Waals surface area contributed by atoms with E-state index in [9.17, 15) is 0 Å². The van der Waals surface area contributed by atoms with E-state index in [0.717, 1.165) is 90.0 Å². The zero-order valence-electron chi connectivity index (χ0n) is 32.5. The molecule has 2 aliphatic heterocycles. The first-order valence-corrected chi connectivity index (χ1v) is 21.0. The number of rotatable bonds is 2. The number of fused-ring (bicyclic) bond motifs is 3. The van der Waals surface area contributed by atoms with Crippen LogP contribution < -0.4 is 0 Å². The average molecular weight is 737 g/mol. The first kappa shape index (κ1) is 39.0. The highest BCUT2D eigenvalue weighted by Crippen LogP contribution is 2.38. The molecule has 0 atom stereocenters. The molecule has 2 aliphatic rings. The molecule has 0 unspecified atom stereocenters. The van der Waals surface area contributed by atoms with E-state index in [4.69, 9.17) is 0 Å². The smallest absolute Gasteiger partial charge is 0.0242 e. The van der Waals surface area contributed by atoms with Crippen molar-refractivity contribution in [3.05, 3.63) is 107 Å². The SMILES string of the molecule is CN1CCN(C)Cc2cc(-c3ccccc3)cc3c2SCCSc2c(cc(-c4ccccc4)cc2CN(C)CCN(C)CCN(C)C3)CN(C)CC1. The maximum atomic E-state index is 2.53. The standard InChI is InChI=1S/C44H60N6S2/c1-45-17-21-47(3)31-39-27-37(35-13-9-7-10-14-35)29-41-33-49(5)23-19-46(2)20-24-50(6)34-42-30-38(36-15-11-8-12-16-36)28-40(32-48(4)22-18-45)44(42)52-26-25-51-43(39)41/h7-16,27-30H,17-26,31-34H2,1-6H3. The fraction of sp³-hybridized carbons (Fsp3) is 0.455. The Kier molecular flexibility index (Phi) is 14.3. The highest BCUT2D eigenvalue weighted by molar-refractivity contribution is 8.03. The van der Waals surface area contributed by atoms with Gasteiger partial charge in [-0.3, -0.25) is 0 Å². The molecule has 6 nitrogen and oxygen atoms in total. The predicted octanol–water partition coefficient (Wildman–Crippen LogP) is 7.52. The lowest BCUT2D eigenvalue weighted by atomic mass is 9.99. The van der Waals surface area contributed by atoms with Crippen molar-refractivity contribution in [3.8, 4) is 22.3 Å². The number of hydrogen-bond donors (Lipinski definition) is 0. The zero-order chi connectivity index (χ0) is 36.5. The van der Waals surface area contributed by atoms with Crippen LogP contribution in [-0.2, 0) is 26.2 Å². The minimum Gasteiger partial charge on any atom is -0.304 e. The summed E-state index contributed by atoms with van der Waals surface area (Å²) >= 11 is 4.16. The summed E-state index contributed by atoms with van der Waals surface area (Å²) in [6.07, 6.45) is 0. The van der Waals surface area contributed by atoms with Gasteiger partial charge >= 0.3 is 0 Å². The van der Waals surface area contributed by atoms with Crippen LogP contribution in [0.15, 0.2) is 94.7 Å². The molecule has 2 heterocycles. The quantitative estimate of drug-likeness (QED) is 0.208. The Morgan fingerprint density at radius 2 is 0.615 bits per heavy atom. The third-order valence-electron chi connectivity index (χ3n) is 10.5. The van der Waals surface area contributed by atoms with Crippen molar-refractivity contribution in [3.63, 3.8) is 0 Å². The maximum absolute atomic E-state index is 2.53. The molecule has 0 N–H and O–H groups in total. The molecule has 0 amide bonds. The first-order valence-electron chi connectivity index (χ1n) is 19.0. The van der Waals surface area contributed by atoms with Crippen LogP contribution in [0.2, 0.25) is 0 Å². The summed E-state index contributed by atoms with van der Waals surface area (Å²) in [6.45, 7) is 12.2. The van der Waals surface area contributed by atoms with Crippen molar-refractivity contribution in [2.75, 3.05) is 106 Å². The summed E-state index contributed by atoms with van der Waals surface area (Å²) in [5.41, 5.74) is 11.1. The molecule has 52 heavy (non-hydrogen) atoms. The van der Waals surface area contributed by atoms with Gasteiger partial charge in [0.2, 0.25) is 0 Å². The fourth-order valence-electron chi connectivity index (χ4n) is 7.30. The molecule has 0 spiro atoms. The van der Waals surface area contributed by atoms with Gasteiger partial charge < -0.3 is 29.4 Å². The van der Waals surface area contributed by atoms with Gasteiger partial charge in [0.1, 0.15) is 0 Å². The molecule has 278 valence electrons. The lowest BCUT2D eigenvalue weighted by Gasteiger charge is -2.28. The van der Waals surface area contributed by atoms with Crippen LogP contribution in [0, 0.1) is 0 Å². The molecule has 0 radical (unpaired) electrons. The van der Waals surface area contributed by atoms with Gasteiger partial charge in [0.15, 0.2) is 0 Å². The summed E-state index contributed by atoms with van der Waals surface area (Å²) in [7, 11) is 13.8. The molecule has 0 aliphatic carbocycles. The molecule has 2 bridgehead atoms. The molecule has 0 saturated carbocycles. The third kappa shape index (κ3) is 11.0. The average Bonchev–Trinajstić information content (AvgIpc) is 3.14. The normalized spacial score (nSPS) is 19.6. The molecule has 8 heteroatoms. The summed E-state index contributed by atoms with van der Waals surface area (Å²) in [6, 6.07) is 31.9. The van der Waals surface area contributed by atoms with Crippen molar-refractivity contribution in [2.45, 2.75) is 36.0 Å². The van der Waals surface area contributed by atoms with Crippen molar-refractivity contribution < 1.29 is 0 Å². The lowest BCUT2D eigenvalue weighted by Crippen LogP contribution is -2.36. The number of hydrogen-bond acceptors (Lipinski definition) is 8. The Labute approximate surface area is 323 Å². The fourth-order valence-corrected chi connectivity index (χ4v) is 9.61. The number of benzene rings is 4. The summed E-state index contributed by atoms with van der Waals surface area (Å²) in [5.74, 6) is 2.14. The molecule has 0 aromatic heterocycles. The summed E-state index contributed by atoms with van der Waals surface area (Å²) < 4.78 is 0. The third-order valence-corrected chi connectivity index (χ3v) is 13.2. The van der Waals surface area contributed by atoms with Gasteiger partial charge in [-0.2, -0.15) is 0 Å². The zero-order valence-corrected chi connectivity index (χ0v) is 34.1. The topological polar surface area (TPSA) is 19.4 Å². The summed E-state index contributed by atoms with van der Waals surface area (Å²) in [5, 5.41) is 0. The second-order valence-electron chi connectivity index (χ2n) is 15.2. The van der Waals surface area contributed by atoms with E-state index in [1.807, 2.05) is 0 Å². The monoisotopic (exact) mass is 736 g/mol. The number of nitrogens with zero attached hydrogens (tertiary/aromatic N) is 6. The van der Waals surface area contributed by atoms with Gasteiger partial charge in [-0.25, -0.2) is 0 Å². The van der Waals surface area contributed by atoms with Crippen molar-refractivity contribution >= 4 is 23.5 Å². The van der Waals surface area contributed by atoms with Gasteiger partial charge in [0, 0.05) is 99.8 Å². The highest BCUT2D eigenvalue weighted by Gasteiger charge is 2.20. The van der Waals surface area contributed by atoms with E-state index in [0.29, 0.717) is 0 Å². The maximum Gasteiger partial charge on any atom is 0.0242 e. The first-order chi connectivity index (χ1) is 25.2. The van der Waals surface area contributed by atoms with Crippen LogP contribution in [0.4, 0.5) is 0 Å². The van der Waals surface area contributed by atoms with E-state index in [2.05, 4.69) is 180 Å². The van der Waals surface area contributed by atoms with Gasteiger partial charge in [-0.15, -0.1) is 23.5 Å². The number of thioether (sulfide) groups is 2. The van der Waals surface area contributed by atoms with Gasteiger partial charge in [-0.05, 0) is 111 Å². The van der Waals surface area contributed by atoms with E-state index in [1.165, 1.54) is 54.3 Å². The second-order valence-corrected chi connectivity index (χ2v) is 17.4. The van der Waals surface area contributed by atoms with Crippen LogP contribution in [0.1, 0.15) is 22.3 Å². The molecule has 0 fully saturated rings. The largest absolute Gasteiger partial charge is 0.304 e. The number of likely N-dealkylation sites (N-methyl/N-ethyl adjacent to an activating group) is 6. The van der Waals surface area contributed by atoms with Crippen molar-refractivity contribution in [1.29, 1.82) is 0 Å². The highest BCUT2D eigenvalue weighted by atomic mass is 32.2. The van der Waals surface area contributed by atoms with Crippen LogP contribution in [0.3, 0.4) is 0 Å². The Hall–Kier alpha value is -2.66.